The van der Waals surface area contributed by atoms with Gasteiger partial charge in [0.1, 0.15) is 13.2 Å². The molecule has 0 aromatic carbocycles. The molecule has 0 fully saturated rings. The number of hydrogen-bond donors (Lipinski definition) is 0. The van der Waals surface area contributed by atoms with Gasteiger partial charge in [0.15, 0.2) is 5.78 Å². The Hall–Kier alpha value is -1.49. The summed E-state index contributed by atoms with van der Waals surface area (Å²) in [6.45, 7) is -0.0312. The second-order valence-electron chi connectivity index (χ2n) is 2.49. The highest BCUT2D eigenvalue weighted by atomic mass is 16.5. The summed E-state index contributed by atoms with van der Waals surface area (Å²) in [5.41, 5.74) is -0.285. The lowest BCUT2D eigenvalue weighted by atomic mass is 10.4. The average molecular weight is 182 g/mol. The fraction of sp³-hybridized carbons (Fsp3) is 0.375. The second kappa shape index (κ2) is 4.51. The van der Waals surface area contributed by atoms with E-state index in [-0.39, 0.29) is 24.5 Å². The quantitative estimate of drug-likeness (QED) is 0.627. The Labute approximate surface area is 74.9 Å². The molecule has 13 heavy (non-hydrogen) atoms. The number of rotatable bonds is 4. The molecule has 0 aliphatic rings. The van der Waals surface area contributed by atoms with E-state index in [1.54, 1.807) is 0 Å². The van der Waals surface area contributed by atoms with Gasteiger partial charge in [0.05, 0.1) is 0 Å². The maximum atomic E-state index is 11.1. The summed E-state index contributed by atoms with van der Waals surface area (Å²) in [5.74, 6) is -0.178. The van der Waals surface area contributed by atoms with E-state index in [2.05, 4.69) is 9.84 Å². The van der Waals surface area contributed by atoms with Gasteiger partial charge in [0.25, 0.3) is 5.56 Å². The van der Waals surface area contributed by atoms with Crippen LogP contribution < -0.4 is 5.56 Å². The van der Waals surface area contributed by atoms with Crippen LogP contribution in [0.25, 0.3) is 0 Å². The van der Waals surface area contributed by atoms with Gasteiger partial charge in [-0.05, 0) is 6.07 Å². The number of nitrogens with zero attached hydrogens (tertiary/aromatic N) is 2. The number of ketones is 1. The van der Waals surface area contributed by atoms with Gasteiger partial charge in [-0.1, -0.05) is 0 Å². The number of carbonyl (C=O) groups excluding carboxylic acids is 1. The van der Waals surface area contributed by atoms with Gasteiger partial charge in [-0.15, -0.1) is 0 Å². The third-order valence-electron chi connectivity index (χ3n) is 1.42. The van der Waals surface area contributed by atoms with Crippen molar-refractivity contribution in [3.8, 4) is 0 Å². The van der Waals surface area contributed by atoms with Gasteiger partial charge < -0.3 is 4.74 Å². The van der Waals surface area contributed by atoms with Crippen LogP contribution in [0.3, 0.4) is 0 Å². The molecule has 0 saturated carbocycles. The van der Waals surface area contributed by atoms with Crippen LogP contribution in [-0.2, 0) is 16.1 Å². The maximum Gasteiger partial charge on any atom is 0.267 e. The van der Waals surface area contributed by atoms with Gasteiger partial charge >= 0.3 is 0 Å². The van der Waals surface area contributed by atoms with E-state index >= 15 is 0 Å². The van der Waals surface area contributed by atoms with Gasteiger partial charge in [-0.3, -0.25) is 9.59 Å². The first-order valence-electron chi connectivity index (χ1n) is 3.77. The van der Waals surface area contributed by atoms with E-state index in [0.717, 1.165) is 4.68 Å². The maximum absolute atomic E-state index is 11.1. The van der Waals surface area contributed by atoms with Crippen molar-refractivity contribution in [1.82, 2.24) is 9.78 Å². The van der Waals surface area contributed by atoms with E-state index in [1.807, 2.05) is 0 Å². The number of aromatic nitrogens is 2. The number of methoxy groups -OCH3 is 1. The highest BCUT2D eigenvalue weighted by molar-refractivity contribution is 5.79. The summed E-state index contributed by atoms with van der Waals surface area (Å²) in [4.78, 5) is 22.1. The van der Waals surface area contributed by atoms with E-state index < -0.39 is 0 Å². The summed E-state index contributed by atoms with van der Waals surface area (Å²) in [6, 6.07) is 2.88. The third-order valence-corrected chi connectivity index (χ3v) is 1.42. The average Bonchev–Trinajstić information content (AvgIpc) is 2.09. The van der Waals surface area contributed by atoms with E-state index in [4.69, 9.17) is 0 Å². The summed E-state index contributed by atoms with van der Waals surface area (Å²) in [6.07, 6.45) is 1.46. The van der Waals surface area contributed by atoms with Crippen molar-refractivity contribution in [2.45, 2.75) is 6.54 Å². The van der Waals surface area contributed by atoms with Crippen molar-refractivity contribution in [3.05, 3.63) is 28.7 Å². The molecular weight excluding hydrogens is 172 g/mol. The molecule has 0 unspecified atom stereocenters. The van der Waals surface area contributed by atoms with Crippen LogP contribution in [0.5, 0.6) is 0 Å². The predicted octanol–water partition coefficient (Wildman–Crippen LogP) is -0.541. The van der Waals surface area contributed by atoms with E-state index in [1.165, 1.54) is 25.4 Å². The first-order valence-corrected chi connectivity index (χ1v) is 3.77. The van der Waals surface area contributed by atoms with Gasteiger partial charge in [-0.25, -0.2) is 4.68 Å². The molecule has 0 amide bonds. The highest BCUT2D eigenvalue weighted by Gasteiger charge is 2.03. The topological polar surface area (TPSA) is 61.2 Å². The Morgan fingerprint density at radius 1 is 1.69 bits per heavy atom. The van der Waals surface area contributed by atoms with E-state index in [0.29, 0.717) is 0 Å². The lowest BCUT2D eigenvalue weighted by Gasteiger charge is -2.01. The number of Topliss-reactive ketones (excluding diaryl/α,β-unsaturated/α-hetero) is 1. The highest BCUT2D eigenvalue weighted by Crippen LogP contribution is 1.80. The zero-order chi connectivity index (χ0) is 9.68. The zero-order valence-electron chi connectivity index (χ0n) is 7.27. The number of ether oxygens (including phenoxy) is 1. The van der Waals surface area contributed by atoms with Crippen molar-refractivity contribution < 1.29 is 9.53 Å². The first kappa shape index (κ1) is 9.60. The third kappa shape index (κ3) is 2.79. The molecule has 0 aliphatic heterocycles. The van der Waals surface area contributed by atoms with Crippen molar-refractivity contribution in [3.63, 3.8) is 0 Å². The fourth-order valence-electron chi connectivity index (χ4n) is 0.880. The zero-order valence-corrected chi connectivity index (χ0v) is 7.27. The Kier molecular flexibility index (Phi) is 3.33. The molecule has 0 aliphatic carbocycles. The molecule has 0 spiro atoms. The van der Waals surface area contributed by atoms with Crippen molar-refractivity contribution in [2.75, 3.05) is 13.7 Å². The van der Waals surface area contributed by atoms with Gasteiger partial charge in [-0.2, -0.15) is 5.10 Å². The summed E-state index contributed by atoms with van der Waals surface area (Å²) in [5, 5.41) is 3.73. The molecule has 0 atom stereocenters. The molecule has 1 aromatic heterocycles. The standard InChI is InChI=1S/C8H10N2O3/c1-13-6-7(11)5-10-8(12)3-2-4-9-10/h2-4H,5-6H2,1H3. The predicted molar refractivity (Wildman–Crippen MR) is 45.4 cm³/mol. The summed E-state index contributed by atoms with van der Waals surface area (Å²) in [7, 11) is 1.43. The molecule has 0 bridgehead atoms. The van der Waals surface area contributed by atoms with Crippen molar-refractivity contribution in [2.24, 2.45) is 0 Å². The molecule has 1 rings (SSSR count). The summed E-state index contributed by atoms with van der Waals surface area (Å²) >= 11 is 0. The number of hydrogen-bond acceptors (Lipinski definition) is 4. The van der Waals surface area contributed by atoms with Crippen LogP contribution >= 0.6 is 0 Å². The SMILES string of the molecule is COCC(=O)Cn1ncccc1=O. The van der Waals surface area contributed by atoms with Crippen LogP contribution in [0, 0.1) is 0 Å². The molecule has 0 saturated heterocycles. The van der Waals surface area contributed by atoms with Crippen molar-refractivity contribution in [1.29, 1.82) is 0 Å². The molecule has 5 nitrogen and oxygen atoms in total. The molecule has 1 aromatic rings. The first-order chi connectivity index (χ1) is 6.24. The Morgan fingerprint density at radius 3 is 3.08 bits per heavy atom. The fourth-order valence-corrected chi connectivity index (χ4v) is 0.880. The molecule has 1 heterocycles. The van der Waals surface area contributed by atoms with Gasteiger partial charge in [0.2, 0.25) is 0 Å². The molecule has 5 heteroatoms. The van der Waals surface area contributed by atoms with Crippen LogP contribution in [-0.4, -0.2) is 29.3 Å². The van der Waals surface area contributed by atoms with E-state index in [9.17, 15) is 9.59 Å². The van der Waals surface area contributed by atoms with Crippen LogP contribution in [0.2, 0.25) is 0 Å². The Balaban J connectivity index is 2.69. The minimum Gasteiger partial charge on any atom is -0.377 e. The van der Waals surface area contributed by atoms with Gasteiger partial charge in [0, 0.05) is 19.4 Å². The normalized spacial score (nSPS) is 9.92. The Bertz CT molecular complexity index is 345. The lowest BCUT2D eigenvalue weighted by molar-refractivity contribution is -0.123. The molecule has 0 N–H and O–H groups in total. The minimum atomic E-state index is -0.285. The Morgan fingerprint density at radius 2 is 2.46 bits per heavy atom. The minimum absolute atomic E-state index is 0.00299. The largest absolute Gasteiger partial charge is 0.377 e. The van der Waals surface area contributed by atoms with Crippen LogP contribution in [0.1, 0.15) is 0 Å². The second-order valence-corrected chi connectivity index (χ2v) is 2.49. The van der Waals surface area contributed by atoms with Crippen molar-refractivity contribution >= 4 is 5.78 Å². The van der Waals surface area contributed by atoms with Crippen LogP contribution in [0.15, 0.2) is 23.1 Å². The molecule has 0 radical (unpaired) electrons. The molecule has 70 valence electrons. The molecular formula is C8H10N2O3. The monoisotopic (exact) mass is 182 g/mol. The smallest absolute Gasteiger partial charge is 0.267 e. The lowest BCUT2D eigenvalue weighted by Crippen LogP contribution is -2.27. The summed E-state index contributed by atoms with van der Waals surface area (Å²) < 4.78 is 5.72. The number of carbonyl (C=O) groups is 1. The van der Waals surface area contributed by atoms with Crippen LogP contribution in [0.4, 0.5) is 0 Å².